The van der Waals surface area contributed by atoms with Gasteiger partial charge in [0.25, 0.3) is 0 Å². The van der Waals surface area contributed by atoms with Crippen LogP contribution in [-0.4, -0.2) is 38.6 Å². The van der Waals surface area contributed by atoms with E-state index >= 15 is 0 Å². The number of nitrogens with one attached hydrogen (secondary N) is 1. The van der Waals surface area contributed by atoms with Crippen molar-refractivity contribution in [2.24, 2.45) is 0 Å². The quantitative estimate of drug-likeness (QED) is 0.263. The molecule has 1 heterocycles. The molecule has 1 aromatic heterocycles. The van der Waals surface area contributed by atoms with Crippen molar-refractivity contribution in [3.63, 3.8) is 0 Å². The van der Waals surface area contributed by atoms with Crippen molar-refractivity contribution in [1.82, 2.24) is 15.0 Å². The minimum absolute atomic E-state index is 0.00244. The standard InChI is InChI=1S/C21H22N4O4/c1-14(2)21(28)29-12-6-5-9-20(27)22-15-10-11-19(26)18(13-15)25-23-16-7-3-4-8-17(16)24-25/h3-4,7-8,10-11,13,26H,1,5-6,9,12H2,2H3,(H,22,27). The molecule has 3 rings (SSSR count). The first kappa shape index (κ1) is 20.1. The fraction of sp³-hybridized carbons (Fsp3) is 0.238. The van der Waals surface area contributed by atoms with Gasteiger partial charge in [-0.05, 0) is 50.1 Å². The Hall–Kier alpha value is -3.68. The summed E-state index contributed by atoms with van der Waals surface area (Å²) in [5.41, 5.74) is 2.65. The molecule has 150 valence electrons. The van der Waals surface area contributed by atoms with Gasteiger partial charge in [0.05, 0.1) is 6.61 Å². The second-order valence-electron chi connectivity index (χ2n) is 6.60. The summed E-state index contributed by atoms with van der Waals surface area (Å²) in [5.74, 6) is -0.597. The van der Waals surface area contributed by atoms with Gasteiger partial charge in [0, 0.05) is 17.7 Å². The van der Waals surface area contributed by atoms with Gasteiger partial charge in [0.2, 0.25) is 5.91 Å². The molecule has 3 aromatic rings. The first-order chi connectivity index (χ1) is 13.9. The Morgan fingerprint density at radius 1 is 1.14 bits per heavy atom. The molecule has 0 aliphatic rings. The first-order valence-corrected chi connectivity index (χ1v) is 9.22. The molecule has 0 atom stereocenters. The first-order valence-electron chi connectivity index (χ1n) is 9.22. The van der Waals surface area contributed by atoms with Crippen LogP contribution in [0.2, 0.25) is 0 Å². The molecule has 0 unspecified atom stereocenters. The van der Waals surface area contributed by atoms with Crippen LogP contribution in [-0.2, 0) is 14.3 Å². The van der Waals surface area contributed by atoms with Gasteiger partial charge in [-0.25, -0.2) is 4.79 Å². The summed E-state index contributed by atoms with van der Waals surface area (Å²) < 4.78 is 4.99. The summed E-state index contributed by atoms with van der Waals surface area (Å²) in [6.07, 6.45) is 1.44. The number of rotatable bonds is 8. The molecule has 0 saturated carbocycles. The number of aromatic hydroxyl groups is 1. The Morgan fingerprint density at radius 2 is 1.83 bits per heavy atom. The van der Waals surface area contributed by atoms with Crippen LogP contribution in [0.3, 0.4) is 0 Å². The number of hydrogen-bond donors (Lipinski definition) is 2. The number of aromatic nitrogens is 3. The van der Waals surface area contributed by atoms with Gasteiger partial charge < -0.3 is 15.2 Å². The molecule has 29 heavy (non-hydrogen) atoms. The molecule has 0 aliphatic carbocycles. The molecule has 8 heteroatoms. The van der Waals surface area contributed by atoms with Crippen LogP contribution in [0.25, 0.3) is 16.7 Å². The Kier molecular flexibility index (Phi) is 6.23. The highest BCUT2D eigenvalue weighted by atomic mass is 16.5. The maximum atomic E-state index is 12.2. The zero-order chi connectivity index (χ0) is 20.8. The molecule has 2 aromatic carbocycles. The van der Waals surface area contributed by atoms with Gasteiger partial charge >= 0.3 is 5.97 Å². The Morgan fingerprint density at radius 3 is 2.48 bits per heavy atom. The van der Waals surface area contributed by atoms with Crippen LogP contribution >= 0.6 is 0 Å². The monoisotopic (exact) mass is 394 g/mol. The lowest BCUT2D eigenvalue weighted by molar-refractivity contribution is -0.139. The molecule has 8 nitrogen and oxygen atoms in total. The lowest BCUT2D eigenvalue weighted by Gasteiger charge is -2.09. The zero-order valence-corrected chi connectivity index (χ0v) is 16.1. The number of phenolic OH excluding ortho intramolecular Hbond substituents is 1. The molecule has 0 aliphatic heterocycles. The summed E-state index contributed by atoms with van der Waals surface area (Å²) in [6.45, 7) is 5.35. The predicted molar refractivity (Wildman–Crippen MR) is 109 cm³/mol. The Bertz CT molecular complexity index is 1020. The fourth-order valence-electron chi connectivity index (χ4n) is 2.63. The molecule has 0 radical (unpaired) electrons. The highest BCUT2D eigenvalue weighted by molar-refractivity contribution is 5.91. The van der Waals surface area contributed by atoms with Crippen LogP contribution < -0.4 is 5.32 Å². The molecule has 0 spiro atoms. The smallest absolute Gasteiger partial charge is 0.333 e. The van der Waals surface area contributed by atoms with E-state index in [1.807, 2.05) is 24.3 Å². The third-order valence-electron chi connectivity index (χ3n) is 4.14. The highest BCUT2D eigenvalue weighted by Gasteiger charge is 2.11. The number of esters is 1. The Balaban J connectivity index is 1.57. The van der Waals surface area contributed by atoms with Crippen LogP contribution in [0, 0.1) is 0 Å². The van der Waals surface area contributed by atoms with Crippen molar-refractivity contribution < 1.29 is 19.4 Å². The molecular weight excluding hydrogens is 372 g/mol. The van der Waals surface area contributed by atoms with Crippen molar-refractivity contribution in [2.45, 2.75) is 26.2 Å². The van der Waals surface area contributed by atoms with E-state index in [1.54, 1.807) is 19.1 Å². The minimum atomic E-state index is -0.425. The molecule has 1 amide bonds. The van der Waals surface area contributed by atoms with Gasteiger partial charge in [0.1, 0.15) is 22.5 Å². The molecular formula is C21H22N4O4. The third kappa shape index (κ3) is 5.19. The summed E-state index contributed by atoms with van der Waals surface area (Å²) in [4.78, 5) is 24.8. The molecule has 0 bridgehead atoms. The van der Waals surface area contributed by atoms with Gasteiger partial charge in [0.15, 0.2) is 0 Å². The average Bonchev–Trinajstić information content (AvgIpc) is 3.13. The Labute approximate surface area is 167 Å². The lowest BCUT2D eigenvalue weighted by Crippen LogP contribution is -2.12. The van der Waals surface area contributed by atoms with E-state index in [-0.39, 0.29) is 24.7 Å². The van der Waals surface area contributed by atoms with E-state index in [0.717, 1.165) is 0 Å². The summed E-state index contributed by atoms with van der Waals surface area (Å²) in [5, 5.41) is 21.7. The lowest BCUT2D eigenvalue weighted by atomic mass is 10.2. The normalized spacial score (nSPS) is 10.7. The van der Waals surface area contributed by atoms with Crippen molar-refractivity contribution in [1.29, 1.82) is 0 Å². The molecule has 2 N–H and O–H groups in total. The van der Waals surface area contributed by atoms with Crippen LogP contribution in [0.15, 0.2) is 54.6 Å². The number of hydrogen-bond acceptors (Lipinski definition) is 6. The second-order valence-corrected chi connectivity index (χ2v) is 6.60. The van der Waals surface area contributed by atoms with Crippen LogP contribution in [0.5, 0.6) is 5.75 Å². The maximum absolute atomic E-state index is 12.2. The van der Waals surface area contributed by atoms with E-state index in [4.69, 9.17) is 4.74 Å². The van der Waals surface area contributed by atoms with E-state index in [2.05, 4.69) is 22.1 Å². The highest BCUT2D eigenvalue weighted by Crippen LogP contribution is 2.25. The number of phenols is 1. The van der Waals surface area contributed by atoms with Crippen LogP contribution in [0.4, 0.5) is 5.69 Å². The second kappa shape index (κ2) is 9.01. The van der Waals surface area contributed by atoms with E-state index < -0.39 is 5.97 Å². The van der Waals surface area contributed by atoms with E-state index in [1.165, 1.54) is 10.9 Å². The number of carbonyl (C=O) groups is 2. The number of benzene rings is 2. The number of unbranched alkanes of at least 4 members (excludes halogenated alkanes) is 1. The van der Waals surface area contributed by atoms with Crippen molar-refractivity contribution in [3.8, 4) is 11.4 Å². The van der Waals surface area contributed by atoms with Gasteiger partial charge in [-0.1, -0.05) is 18.7 Å². The van der Waals surface area contributed by atoms with Crippen LogP contribution in [0.1, 0.15) is 26.2 Å². The number of anilines is 1. The fourth-order valence-corrected chi connectivity index (χ4v) is 2.63. The van der Waals surface area contributed by atoms with Crippen molar-refractivity contribution in [2.75, 3.05) is 11.9 Å². The summed E-state index contributed by atoms with van der Waals surface area (Å²) >= 11 is 0. The van der Waals surface area contributed by atoms with Gasteiger partial charge in [-0.2, -0.15) is 0 Å². The van der Waals surface area contributed by atoms with E-state index in [0.29, 0.717) is 40.8 Å². The van der Waals surface area contributed by atoms with Crippen molar-refractivity contribution >= 4 is 28.6 Å². The largest absolute Gasteiger partial charge is 0.506 e. The van der Waals surface area contributed by atoms with Gasteiger partial charge in [-0.3, -0.25) is 4.79 Å². The van der Waals surface area contributed by atoms with Crippen molar-refractivity contribution in [3.05, 3.63) is 54.6 Å². The maximum Gasteiger partial charge on any atom is 0.333 e. The minimum Gasteiger partial charge on any atom is -0.506 e. The SMILES string of the molecule is C=C(C)C(=O)OCCCCC(=O)Nc1ccc(O)c(-n2nc3ccccc3n2)c1. The van der Waals surface area contributed by atoms with Gasteiger partial charge in [-0.15, -0.1) is 15.0 Å². The zero-order valence-electron chi connectivity index (χ0n) is 16.1. The number of carbonyl (C=O) groups excluding carboxylic acids is 2. The molecule has 0 saturated heterocycles. The summed E-state index contributed by atoms with van der Waals surface area (Å²) in [7, 11) is 0. The van der Waals surface area contributed by atoms with E-state index in [9.17, 15) is 14.7 Å². The topological polar surface area (TPSA) is 106 Å². The number of amides is 1. The molecule has 0 fully saturated rings. The number of nitrogens with zero attached hydrogens (tertiary/aromatic N) is 3. The average molecular weight is 394 g/mol. The summed E-state index contributed by atoms with van der Waals surface area (Å²) in [6, 6.07) is 12.1. The number of ether oxygens (including phenoxy) is 1. The predicted octanol–water partition coefficient (Wildman–Crippen LogP) is 3.35. The number of fused-ring (bicyclic) bond motifs is 1. The third-order valence-corrected chi connectivity index (χ3v) is 4.14.